The number of fused-ring (bicyclic) bond motifs is 1. The molecule has 2 unspecified atom stereocenters. The third-order valence-corrected chi connectivity index (χ3v) is 4.37. The van der Waals surface area contributed by atoms with E-state index in [1.54, 1.807) is 0 Å². The molecule has 2 rings (SSSR count). The normalized spacial score (nSPS) is 15.5. The van der Waals surface area contributed by atoms with Crippen LogP contribution in [0.5, 0.6) is 0 Å². The molecule has 3 N–H and O–H groups in total. The molecule has 20 heavy (non-hydrogen) atoms. The first-order valence-corrected chi connectivity index (χ1v) is 7.28. The van der Waals surface area contributed by atoms with Crippen LogP contribution in [0.25, 0.3) is 11.0 Å². The lowest BCUT2D eigenvalue weighted by Gasteiger charge is -2.29. The Balaban J connectivity index is 2.28. The lowest BCUT2D eigenvalue weighted by Crippen LogP contribution is -2.31. The minimum Gasteiger partial charge on any atom is -0.459 e. The van der Waals surface area contributed by atoms with Crippen LogP contribution in [0.2, 0.25) is 0 Å². The molecular weight excluding hydrogens is 248 g/mol. The summed E-state index contributed by atoms with van der Waals surface area (Å²) in [6, 6.07) is 8.35. The SMILES string of the molecule is Cc1cccc2cc(C(CC(C)C(C)(C)C)NN)oc12. The zero-order valence-electron chi connectivity index (χ0n) is 13.2. The molecule has 110 valence electrons. The van der Waals surface area contributed by atoms with Crippen molar-refractivity contribution in [1.82, 2.24) is 5.43 Å². The summed E-state index contributed by atoms with van der Waals surface area (Å²) in [6.45, 7) is 11.1. The standard InChI is InChI=1S/C17H26N2O/c1-11-7-6-8-13-10-15(20-16(11)13)14(19-18)9-12(2)17(3,4)5/h6-8,10,12,14,19H,9,18H2,1-5H3. The molecule has 3 heteroatoms. The Morgan fingerprint density at radius 2 is 2.00 bits per heavy atom. The molecule has 0 saturated carbocycles. The fourth-order valence-corrected chi connectivity index (χ4v) is 2.37. The highest BCUT2D eigenvalue weighted by molar-refractivity contribution is 5.80. The van der Waals surface area contributed by atoms with Crippen molar-refractivity contribution < 1.29 is 4.42 Å². The van der Waals surface area contributed by atoms with E-state index in [9.17, 15) is 0 Å². The number of para-hydroxylation sites is 1. The van der Waals surface area contributed by atoms with Gasteiger partial charge in [-0.05, 0) is 36.3 Å². The fraction of sp³-hybridized carbons (Fsp3) is 0.529. The van der Waals surface area contributed by atoms with Gasteiger partial charge in [0.15, 0.2) is 0 Å². The maximum atomic E-state index is 6.02. The van der Waals surface area contributed by atoms with Crippen molar-refractivity contribution in [1.29, 1.82) is 0 Å². The Labute approximate surface area is 121 Å². The number of nitrogens with two attached hydrogens (primary N) is 1. The fourth-order valence-electron chi connectivity index (χ4n) is 2.37. The van der Waals surface area contributed by atoms with Gasteiger partial charge in [0.05, 0.1) is 6.04 Å². The Morgan fingerprint density at radius 1 is 1.30 bits per heavy atom. The number of nitrogens with one attached hydrogen (secondary N) is 1. The van der Waals surface area contributed by atoms with Crippen LogP contribution in [-0.2, 0) is 0 Å². The highest BCUT2D eigenvalue weighted by atomic mass is 16.3. The van der Waals surface area contributed by atoms with Crippen LogP contribution in [-0.4, -0.2) is 0 Å². The summed E-state index contributed by atoms with van der Waals surface area (Å²) in [4.78, 5) is 0. The van der Waals surface area contributed by atoms with Gasteiger partial charge in [-0.1, -0.05) is 45.9 Å². The van der Waals surface area contributed by atoms with Crippen LogP contribution in [0, 0.1) is 18.3 Å². The third-order valence-electron chi connectivity index (χ3n) is 4.37. The number of aryl methyl sites for hydroxylation is 1. The summed E-state index contributed by atoms with van der Waals surface area (Å²) in [5, 5.41) is 1.14. The molecule has 0 radical (unpaired) electrons. The van der Waals surface area contributed by atoms with E-state index in [1.807, 2.05) is 0 Å². The molecule has 0 spiro atoms. The van der Waals surface area contributed by atoms with Crippen LogP contribution in [0.3, 0.4) is 0 Å². The topological polar surface area (TPSA) is 51.2 Å². The second-order valence-corrected chi connectivity index (χ2v) is 6.86. The van der Waals surface area contributed by atoms with Gasteiger partial charge in [-0.25, -0.2) is 5.43 Å². The second-order valence-electron chi connectivity index (χ2n) is 6.86. The van der Waals surface area contributed by atoms with E-state index in [1.165, 1.54) is 0 Å². The van der Waals surface area contributed by atoms with E-state index in [0.717, 1.165) is 28.7 Å². The highest BCUT2D eigenvalue weighted by Gasteiger charge is 2.25. The summed E-state index contributed by atoms with van der Waals surface area (Å²) in [6.07, 6.45) is 0.957. The molecule has 0 bridgehead atoms. The zero-order valence-corrected chi connectivity index (χ0v) is 13.2. The van der Waals surface area contributed by atoms with Crippen molar-refractivity contribution in [2.24, 2.45) is 17.2 Å². The number of hydrogen-bond donors (Lipinski definition) is 2. The summed E-state index contributed by atoms with van der Waals surface area (Å²) in [7, 11) is 0. The number of rotatable bonds is 4. The number of benzene rings is 1. The van der Waals surface area contributed by atoms with E-state index in [4.69, 9.17) is 10.3 Å². The first-order chi connectivity index (χ1) is 9.32. The molecule has 2 atom stereocenters. The summed E-state index contributed by atoms with van der Waals surface area (Å²) in [5.74, 6) is 7.21. The molecule has 1 aromatic carbocycles. The second kappa shape index (κ2) is 5.58. The van der Waals surface area contributed by atoms with Crippen LogP contribution in [0.4, 0.5) is 0 Å². The zero-order chi connectivity index (χ0) is 14.9. The van der Waals surface area contributed by atoms with Crippen molar-refractivity contribution in [2.75, 3.05) is 0 Å². The van der Waals surface area contributed by atoms with Crippen molar-refractivity contribution in [3.8, 4) is 0 Å². The van der Waals surface area contributed by atoms with Crippen molar-refractivity contribution in [3.63, 3.8) is 0 Å². The molecule has 0 amide bonds. The minimum atomic E-state index is 0.0519. The number of furan rings is 1. The Hall–Kier alpha value is -1.32. The van der Waals surface area contributed by atoms with Gasteiger partial charge in [0.25, 0.3) is 0 Å². The molecule has 3 nitrogen and oxygen atoms in total. The average molecular weight is 274 g/mol. The van der Waals surface area contributed by atoms with Crippen molar-refractivity contribution >= 4 is 11.0 Å². The van der Waals surface area contributed by atoms with Gasteiger partial charge in [0.2, 0.25) is 0 Å². The van der Waals surface area contributed by atoms with Crippen LogP contribution in [0.1, 0.15) is 51.5 Å². The first kappa shape index (κ1) is 15.1. The maximum absolute atomic E-state index is 6.02. The lowest BCUT2D eigenvalue weighted by molar-refractivity contribution is 0.215. The molecule has 2 aromatic rings. The Morgan fingerprint density at radius 3 is 2.55 bits per heavy atom. The molecule has 1 aromatic heterocycles. The quantitative estimate of drug-likeness (QED) is 0.645. The predicted octanol–water partition coefficient (Wildman–Crippen LogP) is 4.32. The Kier molecular flexibility index (Phi) is 4.21. The van der Waals surface area contributed by atoms with Crippen LogP contribution < -0.4 is 11.3 Å². The molecular formula is C17H26N2O. The van der Waals surface area contributed by atoms with Gasteiger partial charge < -0.3 is 4.42 Å². The van der Waals surface area contributed by atoms with E-state index < -0.39 is 0 Å². The smallest absolute Gasteiger partial charge is 0.137 e. The summed E-state index contributed by atoms with van der Waals surface area (Å²) >= 11 is 0. The van der Waals surface area contributed by atoms with Gasteiger partial charge in [-0.3, -0.25) is 5.84 Å². The van der Waals surface area contributed by atoms with Crippen molar-refractivity contribution in [3.05, 3.63) is 35.6 Å². The van der Waals surface area contributed by atoms with Crippen LogP contribution in [0.15, 0.2) is 28.7 Å². The molecule has 0 aliphatic carbocycles. The molecule has 0 aliphatic rings. The van der Waals surface area contributed by atoms with Gasteiger partial charge in [0, 0.05) is 5.39 Å². The lowest BCUT2D eigenvalue weighted by atomic mass is 9.78. The third kappa shape index (κ3) is 3.05. The Bertz CT molecular complexity index is 580. The van der Waals surface area contributed by atoms with Crippen LogP contribution >= 0.6 is 0 Å². The van der Waals surface area contributed by atoms with Gasteiger partial charge >= 0.3 is 0 Å². The van der Waals surface area contributed by atoms with E-state index in [0.29, 0.717) is 5.92 Å². The van der Waals surface area contributed by atoms with Gasteiger partial charge in [-0.2, -0.15) is 0 Å². The van der Waals surface area contributed by atoms with E-state index >= 15 is 0 Å². The van der Waals surface area contributed by atoms with E-state index in [-0.39, 0.29) is 11.5 Å². The number of hydrogen-bond acceptors (Lipinski definition) is 3. The molecule has 1 heterocycles. The van der Waals surface area contributed by atoms with Gasteiger partial charge in [0.1, 0.15) is 11.3 Å². The van der Waals surface area contributed by atoms with Gasteiger partial charge in [-0.15, -0.1) is 0 Å². The first-order valence-electron chi connectivity index (χ1n) is 7.28. The summed E-state index contributed by atoms with van der Waals surface area (Å²) in [5.41, 5.74) is 5.29. The maximum Gasteiger partial charge on any atom is 0.137 e. The largest absolute Gasteiger partial charge is 0.459 e. The van der Waals surface area contributed by atoms with Crippen molar-refractivity contribution in [2.45, 2.75) is 47.1 Å². The number of hydrazine groups is 1. The average Bonchev–Trinajstić information content (AvgIpc) is 2.79. The molecule has 0 saturated heterocycles. The highest BCUT2D eigenvalue weighted by Crippen LogP contribution is 2.35. The molecule has 0 fully saturated rings. The predicted molar refractivity (Wildman–Crippen MR) is 84.3 cm³/mol. The molecule has 0 aliphatic heterocycles. The van der Waals surface area contributed by atoms with E-state index in [2.05, 4.69) is 64.3 Å². The minimum absolute atomic E-state index is 0.0519. The monoisotopic (exact) mass is 274 g/mol. The summed E-state index contributed by atoms with van der Waals surface area (Å²) < 4.78 is 6.02.